The molecule has 2 atom stereocenters. The van der Waals surface area contributed by atoms with E-state index in [1.54, 1.807) is 0 Å². The van der Waals surface area contributed by atoms with E-state index in [9.17, 15) is 10.2 Å². The molecule has 0 aliphatic rings. The third kappa shape index (κ3) is 3.38. The molecule has 0 amide bonds. The van der Waals surface area contributed by atoms with E-state index in [2.05, 4.69) is 0 Å². The number of hydrogen-bond acceptors (Lipinski definition) is 3. The number of aliphatic hydroxyl groups is 3. The van der Waals surface area contributed by atoms with Crippen LogP contribution in [0.5, 0.6) is 0 Å². The van der Waals surface area contributed by atoms with E-state index in [0.717, 1.165) is 12.8 Å². The minimum absolute atomic E-state index is 0.342. The van der Waals surface area contributed by atoms with Gasteiger partial charge in [-0.15, -0.1) is 0 Å². The highest BCUT2D eigenvalue weighted by Gasteiger charge is 2.38. The summed E-state index contributed by atoms with van der Waals surface area (Å²) in [5.41, 5.74) is 0. The summed E-state index contributed by atoms with van der Waals surface area (Å²) in [5.74, 6) is 0. The summed E-state index contributed by atoms with van der Waals surface area (Å²) >= 11 is 0. The average Bonchev–Trinajstić information content (AvgIpc) is 2.12. The molecule has 0 fully saturated rings. The van der Waals surface area contributed by atoms with Crippen molar-refractivity contribution < 1.29 is 15.3 Å². The van der Waals surface area contributed by atoms with Crippen molar-refractivity contribution >= 4 is 8.80 Å². The normalized spacial score (nSPS) is 18.7. The molecule has 13 heavy (non-hydrogen) atoms. The standard InChI is InChI=1S/C9H22O3Si/c1-4-5-6-9(12,13(2)3)8(11)7-10/h8,10-13H,4-7H2,1-3H3. The van der Waals surface area contributed by atoms with Gasteiger partial charge in [0, 0.05) is 0 Å². The highest BCUT2D eigenvalue weighted by Crippen LogP contribution is 2.22. The Kier molecular flexibility index (Phi) is 5.79. The molecular formula is C9H22O3Si. The molecule has 0 bridgehead atoms. The summed E-state index contributed by atoms with van der Waals surface area (Å²) < 4.78 is 0. The van der Waals surface area contributed by atoms with Gasteiger partial charge in [0.1, 0.15) is 6.10 Å². The molecule has 3 nitrogen and oxygen atoms in total. The minimum atomic E-state index is -1.36. The van der Waals surface area contributed by atoms with Gasteiger partial charge < -0.3 is 15.3 Å². The summed E-state index contributed by atoms with van der Waals surface area (Å²) in [7, 11) is -1.36. The quantitative estimate of drug-likeness (QED) is 0.547. The molecule has 0 aliphatic heterocycles. The van der Waals surface area contributed by atoms with Crippen molar-refractivity contribution in [3.8, 4) is 0 Å². The lowest BCUT2D eigenvalue weighted by atomic mass is 10.1. The predicted molar refractivity (Wildman–Crippen MR) is 56.4 cm³/mol. The Bertz CT molecular complexity index is 141. The maximum absolute atomic E-state index is 10.1. The summed E-state index contributed by atoms with van der Waals surface area (Å²) in [4.78, 5) is 0. The Labute approximate surface area is 82.0 Å². The zero-order valence-corrected chi connectivity index (χ0v) is 9.98. The molecule has 0 aromatic rings. The third-order valence-electron chi connectivity index (χ3n) is 2.68. The van der Waals surface area contributed by atoms with Crippen molar-refractivity contribution in [3.05, 3.63) is 0 Å². The van der Waals surface area contributed by atoms with Gasteiger partial charge in [-0.25, -0.2) is 0 Å². The first-order valence-corrected chi connectivity index (χ1v) is 7.89. The SMILES string of the molecule is CCCCC(O)(C(O)CO)[SiH](C)C. The molecule has 0 heterocycles. The molecule has 0 saturated carbocycles. The Hall–Kier alpha value is 0.0969. The zero-order chi connectivity index (χ0) is 10.5. The largest absolute Gasteiger partial charge is 0.394 e. The second-order valence-electron chi connectivity index (χ2n) is 3.95. The fourth-order valence-corrected chi connectivity index (χ4v) is 3.11. The van der Waals surface area contributed by atoms with Gasteiger partial charge in [0.25, 0.3) is 0 Å². The Morgan fingerprint density at radius 2 is 1.92 bits per heavy atom. The van der Waals surface area contributed by atoms with E-state index in [-0.39, 0.29) is 6.61 Å². The van der Waals surface area contributed by atoms with Crippen molar-refractivity contribution in [2.24, 2.45) is 0 Å². The van der Waals surface area contributed by atoms with Crippen LogP contribution in [-0.4, -0.2) is 42.1 Å². The van der Waals surface area contributed by atoms with Crippen molar-refractivity contribution in [1.82, 2.24) is 0 Å². The third-order valence-corrected chi connectivity index (χ3v) is 5.35. The molecule has 0 saturated heterocycles. The molecule has 0 rings (SSSR count). The highest BCUT2D eigenvalue weighted by molar-refractivity contribution is 6.59. The maximum Gasteiger partial charge on any atom is 0.102 e. The second kappa shape index (κ2) is 5.75. The van der Waals surface area contributed by atoms with Crippen LogP contribution in [-0.2, 0) is 0 Å². The number of rotatable bonds is 6. The van der Waals surface area contributed by atoms with Gasteiger partial charge in [0.2, 0.25) is 0 Å². The van der Waals surface area contributed by atoms with Gasteiger partial charge in [-0.2, -0.15) is 0 Å². The van der Waals surface area contributed by atoms with Crippen molar-refractivity contribution in [1.29, 1.82) is 0 Å². The summed E-state index contributed by atoms with van der Waals surface area (Å²) in [6, 6.07) is 0. The van der Waals surface area contributed by atoms with Gasteiger partial charge in [-0.3, -0.25) is 0 Å². The van der Waals surface area contributed by atoms with Crippen LogP contribution in [0.25, 0.3) is 0 Å². The Morgan fingerprint density at radius 1 is 1.38 bits per heavy atom. The van der Waals surface area contributed by atoms with Gasteiger partial charge in [0.05, 0.1) is 20.6 Å². The second-order valence-corrected chi connectivity index (χ2v) is 7.26. The fraction of sp³-hybridized carbons (Fsp3) is 1.00. The Morgan fingerprint density at radius 3 is 2.23 bits per heavy atom. The molecule has 0 spiro atoms. The fourth-order valence-electron chi connectivity index (χ4n) is 1.46. The first-order valence-electron chi connectivity index (χ1n) is 5.00. The van der Waals surface area contributed by atoms with Gasteiger partial charge in [0.15, 0.2) is 0 Å². The van der Waals surface area contributed by atoms with Crippen molar-refractivity contribution in [2.75, 3.05) is 6.61 Å². The monoisotopic (exact) mass is 206 g/mol. The van der Waals surface area contributed by atoms with Crippen LogP contribution in [0.1, 0.15) is 26.2 Å². The number of unbranched alkanes of at least 4 members (excludes halogenated alkanes) is 1. The molecule has 0 aromatic carbocycles. The number of aliphatic hydroxyl groups excluding tert-OH is 2. The molecule has 0 aliphatic carbocycles. The van der Waals surface area contributed by atoms with Crippen LogP contribution >= 0.6 is 0 Å². The van der Waals surface area contributed by atoms with E-state index in [1.807, 2.05) is 20.0 Å². The molecule has 0 radical (unpaired) electrons. The van der Waals surface area contributed by atoms with E-state index < -0.39 is 20.1 Å². The molecule has 4 heteroatoms. The lowest BCUT2D eigenvalue weighted by molar-refractivity contribution is -0.0510. The predicted octanol–water partition coefficient (Wildman–Crippen LogP) is 0.287. The van der Waals surface area contributed by atoms with Crippen LogP contribution in [0.2, 0.25) is 13.1 Å². The molecule has 2 unspecified atom stereocenters. The van der Waals surface area contributed by atoms with Crippen LogP contribution in [0.15, 0.2) is 0 Å². The first-order chi connectivity index (χ1) is 5.99. The van der Waals surface area contributed by atoms with Crippen LogP contribution in [0, 0.1) is 0 Å². The summed E-state index contributed by atoms with van der Waals surface area (Å²) in [6.45, 7) is 5.70. The summed E-state index contributed by atoms with van der Waals surface area (Å²) in [5, 5.41) is 27.5. The van der Waals surface area contributed by atoms with Gasteiger partial charge in [-0.1, -0.05) is 32.9 Å². The topological polar surface area (TPSA) is 60.7 Å². The smallest absolute Gasteiger partial charge is 0.102 e. The average molecular weight is 206 g/mol. The van der Waals surface area contributed by atoms with Crippen LogP contribution in [0.4, 0.5) is 0 Å². The van der Waals surface area contributed by atoms with Crippen LogP contribution < -0.4 is 0 Å². The van der Waals surface area contributed by atoms with E-state index in [1.165, 1.54) is 0 Å². The van der Waals surface area contributed by atoms with E-state index in [0.29, 0.717) is 6.42 Å². The Balaban J connectivity index is 4.33. The van der Waals surface area contributed by atoms with E-state index in [4.69, 9.17) is 5.11 Å². The molecular weight excluding hydrogens is 184 g/mol. The molecule has 80 valence electrons. The van der Waals surface area contributed by atoms with E-state index >= 15 is 0 Å². The minimum Gasteiger partial charge on any atom is -0.394 e. The first kappa shape index (κ1) is 13.1. The molecule has 0 aromatic heterocycles. The lowest BCUT2D eigenvalue weighted by Crippen LogP contribution is -2.53. The lowest BCUT2D eigenvalue weighted by Gasteiger charge is -2.35. The zero-order valence-electron chi connectivity index (χ0n) is 8.82. The van der Waals surface area contributed by atoms with Gasteiger partial charge in [-0.05, 0) is 6.42 Å². The van der Waals surface area contributed by atoms with Crippen molar-refractivity contribution in [2.45, 2.75) is 50.6 Å². The number of hydrogen-bond donors (Lipinski definition) is 3. The summed E-state index contributed by atoms with van der Waals surface area (Å²) in [6.07, 6.45) is 1.54. The molecule has 3 N–H and O–H groups in total. The maximum atomic E-state index is 10.1. The van der Waals surface area contributed by atoms with Crippen LogP contribution in [0.3, 0.4) is 0 Å². The highest BCUT2D eigenvalue weighted by atomic mass is 28.3. The van der Waals surface area contributed by atoms with Gasteiger partial charge >= 0.3 is 0 Å². The van der Waals surface area contributed by atoms with Crippen molar-refractivity contribution in [3.63, 3.8) is 0 Å².